The van der Waals surface area contributed by atoms with Gasteiger partial charge in [-0.05, 0) is 115 Å². The van der Waals surface area contributed by atoms with Gasteiger partial charge in [-0.25, -0.2) is 0 Å². The number of rotatable bonds is 7. The second kappa shape index (κ2) is 14.9. The molecule has 0 bridgehead atoms. The fraction of sp³-hybridized carbons (Fsp3) is 0.0625. The first-order valence-electron chi connectivity index (χ1n) is 23.0. The molecule has 312 valence electrons. The fourth-order valence-corrected chi connectivity index (χ4v) is 12.7. The molecule has 0 amide bonds. The van der Waals surface area contributed by atoms with Gasteiger partial charge in [-0.1, -0.05) is 202 Å². The van der Waals surface area contributed by atoms with E-state index in [0.29, 0.717) is 0 Å². The summed E-state index contributed by atoms with van der Waals surface area (Å²) in [6, 6.07) is 88.3. The highest BCUT2D eigenvalue weighted by atomic mass is 32.1. The van der Waals surface area contributed by atoms with E-state index in [9.17, 15) is 0 Å². The van der Waals surface area contributed by atoms with Gasteiger partial charge in [0.05, 0.1) is 16.8 Å². The molecule has 2 aliphatic rings. The molecule has 2 aliphatic carbocycles. The highest BCUT2D eigenvalue weighted by molar-refractivity contribution is 7.25. The Morgan fingerprint density at radius 1 is 0.348 bits per heavy atom. The van der Waals surface area contributed by atoms with Crippen LogP contribution in [0.25, 0.3) is 64.7 Å². The van der Waals surface area contributed by atoms with Crippen molar-refractivity contribution in [3.8, 4) is 44.5 Å². The maximum absolute atomic E-state index is 2.53. The summed E-state index contributed by atoms with van der Waals surface area (Å²) in [6.45, 7) is 4.74. The molecule has 1 heterocycles. The molecule has 0 unspecified atom stereocenters. The van der Waals surface area contributed by atoms with Crippen molar-refractivity contribution in [1.29, 1.82) is 0 Å². The molecule has 66 heavy (non-hydrogen) atoms. The summed E-state index contributed by atoms with van der Waals surface area (Å²) < 4.78 is 2.63. The van der Waals surface area contributed by atoms with Crippen molar-refractivity contribution < 1.29 is 0 Å². The van der Waals surface area contributed by atoms with E-state index in [1.807, 2.05) is 11.3 Å². The summed E-state index contributed by atoms with van der Waals surface area (Å²) in [6.07, 6.45) is 0. The highest BCUT2D eigenvalue weighted by Gasteiger charge is 2.46. The molecule has 13 rings (SSSR count). The molecule has 0 N–H and O–H groups in total. The number of nitrogens with zero attached hydrogens (tertiary/aromatic N) is 1. The Hall–Kier alpha value is -7.78. The van der Waals surface area contributed by atoms with Crippen molar-refractivity contribution >= 4 is 48.6 Å². The van der Waals surface area contributed by atoms with Crippen LogP contribution in [0.5, 0.6) is 0 Å². The molecule has 1 nitrogen and oxygen atoms in total. The second-order valence-corrected chi connectivity index (χ2v) is 19.5. The molecule has 2 heteroatoms. The van der Waals surface area contributed by atoms with Gasteiger partial charge in [-0.3, -0.25) is 0 Å². The van der Waals surface area contributed by atoms with Crippen LogP contribution in [-0.4, -0.2) is 0 Å². The minimum Gasteiger partial charge on any atom is -0.309 e. The van der Waals surface area contributed by atoms with E-state index in [0.717, 1.165) is 11.4 Å². The molecule has 0 saturated heterocycles. The van der Waals surface area contributed by atoms with Crippen LogP contribution in [0.4, 0.5) is 17.1 Å². The monoisotopic (exact) mass is 859 g/mol. The van der Waals surface area contributed by atoms with Crippen LogP contribution in [0.1, 0.15) is 47.2 Å². The number of benzene rings is 10. The third-order valence-corrected chi connectivity index (χ3v) is 15.7. The van der Waals surface area contributed by atoms with Gasteiger partial charge in [0.2, 0.25) is 0 Å². The average Bonchev–Trinajstić information content (AvgIpc) is 3.98. The summed E-state index contributed by atoms with van der Waals surface area (Å²) in [4.78, 5) is 2.53. The molecule has 0 fully saturated rings. The van der Waals surface area contributed by atoms with Crippen LogP contribution < -0.4 is 4.90 Å². The number of hydrogen-bond acceptors (Lipinski definition) is 2. The first-order chi connectivity index (χ1) is 32.5. The minimum absolute atomic E-state index is 0.143. The molecule has 0 aliphatic heterocycles. The molecule has 0 atom stereocenters. The lowest BCUT2D eigenvalue weighted by Crippen LogP contribution is -2.28. The van der Waals surface area contributed by atoms with Gasteiger partial charge in [-0.15, -0.1) is 11.3 Å². The van der Waals surface area contributed by atoms with E-state index in [4.69, 9.17) is 0 Å². The van der Waals surface area contributed by atoms with Crippen molar-refractivity contribution in [1.82, 2.24) is 0 Å². The lowest BCUT2D eigenvalue weighted by molar-refractivity contribution is 0.660. The third-order valence-electron chi connectivity index (χ3n) is 14.6. The highest BCUT2D eigenvalue weighted by Crippen LogP contribution is 2.58. The summed E-state index contributed by atoms with van der Waals surface area (Å²) in [5, 5.41) is 2.61. The van der Waals surface area contributed by atoms with Gasteiger partial charge in [-0.2, -0.15) is 0 Å². The van der Waals surface area contributed by atoms with E-state index in [1.54, 1.807) is 0 Å². The molecule has 1 aromatic heterocycles. The number of fused-ring (bicyclic) bond motifs is 9. The number of para-hydroxylation sites is 1. The van der Waals surface area contributed by atoms with E-state index in [-0.39, 0.29) is 5.41 Å². The summed E-state index contributed by atoms with van der Waals surface area (Å²) in [5.74, 6) is 0. The zero-order chi connectivity index (χ0) is 44.0. The zero-order valence-corrected chi connectivity index (χ0v) is 37.7. The zero-order valence-electron chi connectivity index (χ0n) is 36.9. The number of hydrogen-bond donors (Lipinski definition) is 0. The normalized spacial score (nSPS) is 13.8. The standard InChI is InChI=1S/C64H45NS/c1-63(2)54-29-13-10-28-51(54)62-57(63)31-18-33-59(62)65(58-32-15-11-25-48(58)44-36-38-61-53(41-44)50-27-12-16-34-60(50)66-61)47-24-17-19-42(39-47)43-35-37-56-52(40-43)49-26-9-14-30-55(49)64(56,45-20-5-3-6-21-45)46-22-7-4-8-23-46/h3-41H,1-2H3. The Morgan fingerprint density at radius 2 is 0.924 bits per heavy atom. The summed E-state index contributed by atoms with van der Waals surface area (Å²) in [5.41, 5.74) is 20.7. The molecule has 0 spiro atoms. The van der Waals surface area contributed by atoms with Crippen LogP contribution in [0, 0.1) is 0 Å². The van der Waals surface area contributed by atoms with Gasteiger partial charge >= 0.3 is 0 Å². The molecular weight excluding hydrogens is 815 g/mol. The van der Waals surface area contributed by atoms with Gasteiger partial charge in [0.25, 0.3) is 0 Å². The van der Waals surface area contributed by atoms with Gasteiger partial charge < -0.3 is 4.90 Å². The van der Waals surface area contributed by atoms with Crippen LogP contribution in [0.3, 0.4) is 0 Å². The van der Waals surface area contributed by atoms with E-state index in [2.05, 4.69) is 255 Å². The number of anilines is 3. The van der Waals surface area contributed by atoms with Gasteiger partial charge in [0.1, 0.15) is 0 Å². The molecule has 10 aromatic carbocycles. The van der Waals surface area contributed by atoms with Crippen LogP contribution in [0.15, 0.2) is 237 Å². The van der Waals surface area contributed by atoms with Gasteiger partial charge in [0, 0.05) is 42.4 Å². The van der Waals surface area contributed by atoms with E-state index < -0.39 is 5.41 Å². The Morgan fingerprint density at radius 3 is 1.73 bits per heavy atom. The lowest BCUT2D eigenvalue weighted by atomic mass is 9.67. The first kappa shape index (κ1) is 38.7. The molecular formula is C64H45NS. The van der Waals surface area contributed by atoms with Crippen molar-refractivity contribution in [3.05, 3.63) is 270 Å². The van der Waals surface area contributed by atoms with Crippen molar-refractivity contribution in [2.75, 3.05) is 4.90 Å². The van der Waals surface area contributed by atoms with Crippen molar-refractivity contribution in [2.45, 2.75) is 24.7 Å². The lowest BCUT2D eigenvalue weighted by Gasteiger charge is -2.34. The maximum Gasteiger partial charge on any atom is 0.0713 e. The van der Waals surface area contributed by atoms with Gasteiger partial charge in [0.15, 0.2) is 0 Å². The molecule has 0 radical (unpaired) electrons. The SMILES string of the molecule is CC1(C)c2ccccc2-c2c(N(c3cccc(-c4ccc5c(c4)-c4ccccc4C5(c4ccccc4)c4ccccc4)c3)c3ccccc3-c3ccc4sc5ccccc5c4c3)cccc21. The fourth-order valence-electron chi connectivity index (χ4n) is 11.6. The Labute approximate surface area is 390 Å². The molecule has 11 aromatic rings. The molecule has 0 saturated carbocycles. The topological polar surface area (TPSA) is 3.24 Å². The quantitative estimate of drug-likeness (QED) is 0.154. The largest absolute Gasteiger partial charge is 0.309 e. The van der Waals surface area contributed by atoms with Crippen LogP contribution >= 0.6 is 11.3 Å². The van der Waals surface area contributed by atoms with Crippen LogP contribution in [0.2, 0.25) is 0 Å². The number of thiophene rings is 1. The van der Waals surface area contributed by atoms with Crippen molar-refractivity contribution in [2.24, 2.45) is 0 Å². The second-order valence-electron chi connectivity index (χ2n) is 18.4. The average molecular weight is 860 g/mol. The summed E-state index contributed by atoms with van der Waals surface area (Å²) in [7, 11) is 0. The van der Waals surface area contributed by atoms with E-state index >= 15 is 0 Å². The maximum atomic E-state index is 2.53. The van der Waals surface area contributed by atoms with Crippen LogP contribution in [-0.2, 0) is 10.8 Å². The third kappa shape index (κ3) is 5.65. The Balaban J connectivity index is 1.02. The Kier molecular flexibility index (Phi) is 8.72. The first-order valence-corrected chi connectivity index (χ1v) is 23.8. The summed E-state index contributed by atoms with van der Waals surface area (Å²) >= 11 is 1.87. The minimum atomic E-state index is -0.439. The van der Waals surface area contributed by atoms with Crippen molar-refractivity contribution in [3.63, 3.8) is 0 Å². The predicted molar refractivity (Wildman–Crippen MR) is 280 cm³/mol. The predicted octanol–water partition coefficient (Wildman–Crippen LogP) is 17.5. The smallest absolute Gasteiger partial charge is 0.0713 e. The van der Waals surface area contributed by atoms with E-state index in [1.165, 1.54) is 104 Å². The Bertz CT molecular complexity index is 3650.